The van der Waals surface area contributed by atoms with E-state index in [4.69, 9.17) is 4.74 Å². The van der Waals surface area contributed by atoms with E-state index in [9.17, 15) is 10.1 Å². The van der Waals surface area contributed by atoms with Crippen molar-refractivity contribution in [3.63, 3.8) is 0 Å². The molecule has 7 nitrogen and oxygen atoms in total. The van der Waals surface area contributed by atoms with Crippen LogP contribution in [0.15, 0.2) is 0 Å². The Kier molecular flexibility index (Phi) is 6.69. The number of rotatable bonds is 9. The van der Waals surface area contributed by atoms with Crippen molar-refractivity contribution in [2.75, 3.05) is 18.5 Å². The third kappa shape index (κ3) is 4.64. The first-order valence-electron chi connectivity index (χ1n) is 6.99. The van der Waals surface area contributed by atoms with E-state index < -0.39 is 4.92 Å². The van der Waals surface area contributed by atoms with Crippen molar-refractivity contribution in [3.05, 3.63) is 15.9 Å². The van der Waals surface area contributed by atoms with Crippen LogP contribution >= 0.6 is 0 Å². The van der Waals surface area contributed by atoms with Gasteiger partial charge in [0, 0.05) is 6.54 Å². The second-order valence-corrected chi connectivity index (χ2v) is 4.51. The van der Waals surface area contributed by atoms with E-state index in [-0.39, 0.29) is 17.4 Å². The van der Waals surface area contributed by atoms with Crippen LogP contribution in [0.25, 0.3) is 0 Å². The zero-order valence-corrected chi connectivity index (χ0v) is 12.3. The first kappa shape index (κ1) is 16.1. The molecule has 0 saturated carbocycles. The van der Waals surface area contributed by atoms with E-state index in [1.54, 1.807) is 6.92 Å². The molecule has 0 saturated heterocycles. The Labute approximate surface area is 118 Å². The molecule has 0 aliphatic rings. The first-order valence-corrected chi connectivity index (χ1v) is 6.99. The zero-order valence-electron chi connectivity index (χ0n) is 12.3. The van der Waals surface area contributed by atoms with Crippen LogP contribution in [0.1, 0.15) is 45.4 Å². The summed E-state index contributed by atoms with van der Waals surface area (Å²) in [6, 6.07) is 0. The molecule has 1 aromatic rings. The molecule has 1 aromatic heterocycles. The third-order valence-electron chi connectivity index (χ3n) is 2.66. The smallest absolute Gasteiger partial charge is 0.372 e. The highest BCUT2D eigenvalue weighted by atomic mass is 16.6. The Morgan fingerprint density at radius 1 is 1.25 bits per heavy atom. The van der Waals surface area contributed by atoms with Crippen LogP contribution in [0, 0.1) is 17.0 Å². The molecule has 0 aliphatic carbocycles. The maximum Gasteiger partial charge on any atom is 0.372 e. The molecule has 0 bridgehead atoms. The maximum absolute atomic E-state index is 11.2. The minimum absolute atomic E-state index is 0.0438. The Bertz CT molecular complexity index is 451. The van der Waals surface area contributed by atoms with Crippen molar-refractivity contribution in [2.24, 2.45) is 0 Å². The zero-order chi connectivity index (χ0) is 15.0. The van der Waals surface area contributed by atoms with E-state index in [0.29, 0.717) is 19.0 Å². The molecule has 0 spiro atoms. The molecular formula is C13H22N4O3. The van der Waals surface area contributed by atoms with Gasteiger partial charge < -0.3 is 10.1 Å². The lowest BCUT2D eigenvalue weighted by Crippen LogP contribution is -2.11. The number of anilines is 1. The first-order chi connectivity index (χ1) is 9.60. The molecule has 7 heteroatoms. The van der Waals surface area contributed by atoms with Gasteiger partial charge in [-0.3, -0.25) is 10.1 Å². The van der Waals surface area contributed by atoms with Gasteiger partial charge in [-0.1, -0.05) is 26.7 Å². The van der Waals surface area contributed by atoms with E-state index >= 15 is 0 Å². The number of nitrogens with one attached hydrogen (secondary N) is 1. The van der Waals surface area contributed by atoms with Gasteiger partial charge in [-0.15, -0.1) is 0 Å². The van der Waals surface area contributed by atoms with Gasteiger partial charge in [0.05, 0.1) is 11.5 Å². The Morgan fingerprint density at radius 3 is 2.60 bits per heavy atom. The number of unbranched alkanes of at least 4 members (excludes halogenated alkanes) is 2. The summed E-state index contributed by atoms with van der Waals surface area (Å²) in [5.41, 5.74) is -0.180. The van der Waals surface area contributed by atoms with Gasteiger partial charge in [-0.05, 0) is 19.8 Å². The SMILES string of the molecule is CCCCCNc1nc(C)nc(OCCC)c1[N+](=O)[O-]. The predicted molar refractivity (Wildman–Crippen MR) is 77.2 cm³/mol. The Morgan fingerprint density at radius 2 is 2.00 bits per heavy atom. The summed E-state index contributed by atoms with van der Waals surface area (Å²) < 4.78 is 5.36. The normalized spacial score (nSPS) is 10.3. The van der Waals surface area contributed by atoms with Gasteiger partial charge in [0.25, 0.3) is 5.88 Å². The second kappa shape index (κ2) is 8.29. The average molecular weight is 282 g/mol. The Hall–Kier alpha value is -1.92. The van der Waals surface area contributed by atoms with Crippen molar-refractivity contribution in [3.8, 4) is 5.88 Å². The predicted octanol–water partition coefficient (Wildman–Crippen LogP) is 3.08. The van der Waals surface area contributed by atoms with Gasteiger partial charge in [0.15, 0.2) is 0 Å². The van der Waals surface area contributed by atoms with Crippen LogP contribution in [0.5, 0.6) is 5.88 Å². The largest absolute Gasteiger partial charge is 0.473 e. The highest BCUT2D eigenvalue weighted by Crippen LogP contribution is 2.31. The second-order valence-electron chi connectivity index (χ2n) is 4.51. The fourth-order valence-electron chi connectivity index (χ4n) is 1.71. The minimum Gasteiger partial charge on any atom is -0.473 e. The van der Waals surface area contributed by atoms with Gasteiger partial charge in [-0.25, -0.2) is 4.98 Å². The molecule has 20 heavy (non-hydrogen) atoms. The van der Waals surface area contributed by atoms with Crippen LogP contribution in [0.2, 0.25) is 0 Å². The molecule has 112 valence electrons. The summed E-state index contributed by atoms with van der Waals surface area (Å²) in [6.07, 6.45) is 3.88. The molecule has 0 amide bonds. The van der Waals surface area contributed by atoms with Crippen LogP contribution < -0.4 is 10.1 Å². The molecule has 0 radical (unpaired) electrons. The average Bonchev–Trinajstić information content (AvgIpc) is 2.40. The number of hydrogen-bond acceptors (Lipinski definition) is 6. The number of hydrogen-bond donors (Lipinski definition) is 1. The molecule has 1 N–H and O–H groups in total. The molecule has 0 aromatic carbocycles. The summed E-state index contributed by atoms with van der Waals surface area (Å²) in [5.74, 6) is 0.742. The number of aryl methyl sites for hydroxylation is 1. The summed E-state index contributed by atoms with van der Waals surface area (Å²) in [6.45, 7) is 6.78. The van der Waals surface area contributed by atoms with Crippen LogP contribution in [-0.2, 0) is 0 Å². The van der Waals surface area contributed by atoms with E-state index in [0.717, 1.165) is 25.7 Å². The fraction of sp³-hybridized carbons (Fsp3) is 0.692. The van der Waals surface area contributed by atoms with Crippen molar-refractivity contribution in [2.45, 2.75) is 46.5 Å². The molecule has 0 fully saturated rings. The van der Waals surface area contributed by atoms with Crippen molar-refractivity contribution < 1.29 is 9.66 Å². The minimum atomic E-state index is -0.493. The lowest BCUT2D eigenvalue weighted by molar-refractivity contribution is -0.385. The van der Waals surface area contributed by atoms with E-state index in [1.807, 2.05) is 6.92 Å². The third-order valence-corrected chi connectivity index (χ3v) is 2.66. The summed E-state index contributed by atoms with van der Waals surface area (Å²) in [4.78, 5) is 18.9. The van der Waals surface area contributed by atoms with Gasteiger partial charge >= 0.3 is 5.69 Å². The van der Waals surface area contributed by atoms with Gasteiger partial charge in [0.2, 0.25) is 5.82 Å². The summed E-state index contributed by atoms with van der Waals surface area (Å²) >= 11 is 0. The molecule has 1 heterocycles. The monoisotopic (exact) mass is 282 g/mol. The lowest BCUT2D eigenvalue weighted by Gasteiger charge is -2.10. The summed E-state index contributed by atoms with van der Waals surface area (Å²) in [7, 11) is 0. The fourth-order valence-corrected chi connectivity index (χ4v) is 1.71. The van der Waals surface area contributed by atoms with Gasteiger partial charge in [0.1, 0.15) is 5.82 Å². The lowest BCUT2D eigenvalue weighted by atomic mass is 10.2. The topological polar surface area (TPSA) is 90.2 Å². The molecule has 0 unspecified atom stereocenters. The van der Waals surface area contributed by atoms with E-state index in [2.05, 4.69) is 22.2 Å². The van der Waals surface area contributed by atoms with Crippen LogP contribution in [0.3, 0.4) is 0 Å². The number of ether oxygens (including phenoxy) is 1. The highest BCUT2D eigenvalue weighted by Gasteiger charge is 2.25. The van der Waals surface area contributed by atoms with Crippen LogP contribution in [0.4, 0.5) is 11.5 Å². The maximum atomic E-state index is 11.2. The standard InChI is InChI=1S/C13H22N4O3/c1-4-6-7-8-14-12-11(17(18)19)13(20-9-5-2)16-10(3)15-12/h4-9H2,1-3H3,(H,14,15,16). The number of nitro groups is 1. The quantitative estimate of drug-likeness (QED) is 0.425. The van der Waals surface area contributed by atoms with Crippen molar-refractivity contribution >= 4 is 11.5 Å². The summed E-state index contributed by atoms with van der Waals surface area (Å²) in [5, 5.41) is 14.2. The number of aromatic nitrogens is 2. The Balaban J connectivity index is 2.95. The van der Waals surface area contributed by atoms with Crippen molar-refractivity contribution in [1.29, 1.82) is 0 Å². The number of nitrogens with zero attached hydrogens (tertiary/aromatic N) is 3. The van der Waals surface area contributed by atoms with Crippen molar-refractivity contribution in [1.82, 2.24) is 9.97 Å². The van der Waals surface area contributed by atoms with Crippen LogP contribution in [-0.4, -0.2) is 28.0 Å². The highest BCUT2D eigenvalue weighted by molar-refractivity contribution is 5.61. The molecule has 1 rings (SSSR count). The molecule has 0 atom stereocenters. The molecule has 0 aliphatic heterocycles. The van der Waals surface area contributed by atoms with E-state index in [1.165, 1.54) is 0 Å². The van der Waals surface area contributed by atoms with Gasteiger partial charge in [-0.2, -0.15) is 4.98 Å². The molecular weight excluding hydrogens is 260 g/mol.